The van der Waals surface area contributed by atoms with Crippen molar-refractivity contribution >= 4 is 34.6 Å². The van der Waals surface area contributed by atoms with Gasteiger partial charge in [-0.25, -0.2) is 4.39 Å². The number of anilines is 2. The maximum absolute atomic E-state index is 13.1. The van der Waals surface area contributed by atoms with Gasteiger partial charge < -0.3 is 10.2 Å². The van der Waals surface area contributed by atoms with E-state index in [2.05, 4.69) is 5.32 Å². The molecule has 0 heterocycles. The molecule has 2 aromatic rings. The van der Waals surface area contributed by atoms with Gasteiger partial charge in [-0.15, -0.1) is 0 Å². The third-order valence-electron chi connectivity index (χ3n) is 3.24. The van der Waals surface area contributed by atoms with Crippen LogP contribution >= 0.6 is 23.2 Å². The highest BCUT2D eigenvalue weighted by molar-refractivity contribution is 6.31. The van der Waals surface area contributed by atoms with Crippen molar-refractivity contribution in [3.63, 3.8) is 0 Å². The number of rotatable bonds is 4. The summed E-state index contributed by atoms with van der Waals surface area (Å²) in [5.41, 5.74) is 2.76. The fourth-order valence-corrected chi connectivity index (χ4v) is 2.68. The highest BCUT2D eigenvalue weighted by atomic mass is 35.5. The Labute approximate surface area is 134 Å². The van der Waals surface area contributed by atoms with E-state index in [4.69, 9.17) is 23.2 Å². The second-order valence-electron chi connectivity index (χ2n) is 5.09. The van der Waals surface area contributed by atoms with Gasteiger partial charge in [0.2, 0.25) is 0 Å². The Bertz CT molecular complexity index is 644. The lowest BCUT2D eigenvalue weighted by Gasteiger charge is -2.23. The van der Waals surface area contributed by atoms with E-state index in [0.717, 1.165) is 16.9 Å². The van der Waals surface area contributed by atoms with Gasteiger partial charge in [0.25, 0.3) is 0 Å². The van der Waals surface area contributed by atoms with Crippen LogP contribution in [0.4, 0.5) is 15.8 Å². The minimum absolute atomic E-state index is 0.0738. The van der Waals surface area contributed by atoms with Crippen LogP contribution < -0.4 is 10.2 Å². The Balaban J connectivity index is 2.31. The first-order valence-corrected chi connectivity index (χ1v) is 7.32. The second kappa shape index (κ2) is 6.54. The van der Waals surface area contributed by atoms with Gasteiger partial charge in [-0.2, -0.15) is 0 Å². The molecule has 5 heteroatoms. The molecule has 2 nitrogen and oxygen atoms in total. The van der Waals surface area contributed by atoms with Crippen LogP contribution in [-0.2, 0) is 0 Å². The molecule has 2 aromatic carbocycles. The number of hydrogen-bond donors (Lipinski definition) is 1. The Morgan fingerprint density at radius 2 is 1.81 bits per heavy atom. The maximum Gasteiger partial charge on any atom is 0.124 e. The highest BCUT2D eigenvalue weighted by Crippen LogP contribution is 2.32. The highest BCUT2D eigenvalue weighted by Gasteiger charge is 2.13. The van der Waals surface area contributed by atoms with E-state index < -0.39 is 0 Å². The molecule has 0 fully saturated rings. The van der Waals surface area contributed by atoms with Gasteiger partial charge in [-0.05, 0) is 42.8 Å². The number of nitrogens with zero attached hydrogens (tertiary/aromatic N) is 1. The van der Waals surface area contributed by atoms with Crippen LogP contribution in [0.5, 0.6) is 0 Å². The third kappa shape index (κ3) is 3.80. The van der Waals surface area contributed by atoms with Crippen LogP contribution in [0.15, 0.2) is 36.4 Å². The topological polar surface area (TPSA) is 15.3 Å². The normalized spacial score (nSPS) is 12.1. The molecule has 0 saturated heterocycles. The molecule has 0 aliphatic heterocycles. The monoisotopic (exact) mass is 326 g/mol. The SMILES string of the molecule is CC(Nc1cc(Cl)ccc1N(C)C)c1ccc(F)cc1Cl. The van der Waals surface area contributed by atoms with Gasteiger partial charge >= 0.3 is 0 Å². The first kappa shape index (κ1) is 15.9. The standard InChI is InChI=1S/C16H17Cl2FN2/c1-10(13-6-5-12(19)9-14(13)18)20-15-8-11(17)4-7-16(15)21(2)3/h4-10,20H,1-3H3. The number of nitrogens with one attached hydrogen (secondary N) is 1. The van der Waals surface area contributed by atoms with E-state index in [1.54, 1.807) is 6.07 Å². The van der Waals surface area contributed by atoms with Gasteiger partial charge in [0.15, 0.2) is 0 Å². The lowest BCUT2D eigenvalue weighted by Crippen LogP contribution is -2.14. The van der Waals surface area contributed by atoms with Crippen molar-refractivity contribution in [2.24, 2.45) is 0 Å². The zero-order valence-corrected chi connectivity index (χ0v) is 13.6. The van der Waals surface area contributed by atoms with Gasteiger partial charge in [0, 0.05) is 24.1 Å². The van der Waals surface area contributed by atoms with Crippen LogP contribution in [0, 0.1) is 5.82 Å². The van der Waals surface area contributed by atoms with E-state index in [-0.39, 0.29) is 11.9 Å². The average Bonchev–Trinajstić information content (AvgIpc) is 2.37. The van der Waals surface area contributed by atoms with Crippen LogP contribution in [-0.4, -0.2) is 14.1 Å². The minimum Gasteiger partial charge on any atom is -0.377 e. The van der Waals surface area contributed by atoms with E-state index >= 15 is 0 Å². The molecule has 0 saturated carbocycles. The molecule has 112 valence electrons. The van der Waals surface area contributed by atoms with Crippen molar-refractivity contribution in [1.29, 1.82) is 0 Å². The zero-order valence-electron chi connectivity index (χ0n) is 12.1. The number of hydrogen-bond acceptors (Lipinski definition) is 2. The Hall–Kier alpha value is -1.45. The molecule has 0 spiro atoms. The predicted molar refractivity (Wildman–Crippen MR) is 89.2 cm³/mol. The summed E-state index contributed by atoms with van der Waals surface area (Å²) in [6.45, 7) is 1.97. The van der Waals surface area contributed by atoms with Crippen LogP contribution in [0.1, 0.15) is 18.5 Å². The molecule has 1 unspecified atom stereocenters. The summed E-state index contributed by atoms with van der Waals surface area (Å²) in [5.74, 6) is -0.340. The average molecular weight is 327 g/mol. The molecule has 1 atom stereocenters. The number of halogens is 3. The summed E-state index contributed by atoms with van der Waals surface area (Å²) in [6.07, 6.45) is 0. The molecule has 0 aliphatic rings. The minimum atomic E-state index is -0.340. The van der Waals surface area contributed by atoms with Gasteiger partial charge in [0.1, 0.15) is 5.82 Å². The third-order valence-corrected chi connectivity index (χ3v) is 3.80. The predicted octanol–water partition coefficient (Wildman–Crippen LogP) is 5.37. The fourth-order valence-electron chi connectivity index (χ4n) is 2.18. The molecule has 1 N–H and O–H groups in total. The summed E-state index contributed by atoms with van der Waals surface area (Å²) >= 11 is 12.2. The first-order chi connectivity index (χ1) is 9.88. The summed E-state index contributed by atoms with van der Waals surface area (Å²) in [7, 11) is 3.92. The van der Waals surface area contributed by atoms with Crippen LogP contribution in [0.2, 0.25) is 10.0 Å². The molecular formula is C16H17Cl2FN2. The lowest BCUT2D eigenvalue weighted by atomic mass is 10.1. The largest absolute Gasteiger partial charge is 0.377 e. The lowest BCUT2D eigenvalue weighted by molar-refractivity contribution is 0.626. The van der Waals surface area contributed by atoms with Crippen molar-refractivity contribution < 1.29 is 4.39 Å². The molecule has 0 radical (unpaired) electrons. The summed E-state index contributed by atoms with van der Waals surface area (Å²) < 4.78 is 13.1. The smallest absolute Gasteiger partial charge is 0.124 e. The van der Waals surface area contributed by atoms with E-state index in [1.807, 2.05) is 44.1 Å². The number of benzene rings is 2. The molecule has 0 bridgehead atoms. The Morgan fingerprint density at radius 3 is 2.43 bits per heavy atom. The van der Waals surface area contributed by atoms with Crippen molar-refractivity contribution in [2.45, 2.75) is 13.0 Å². The van der Waals surface area contributed by atoms with Crippen molar-refractivity contribution in [3.05, 3.63) is 57.8 Å². The maximum atomic E-state index is 13.1. The second-order valence-corrected chi connectivity index (χ2v) is 5.93. The van der Waals surface area contributed by atoms with Gasteiger partial charge in [-0.1, -0.05) is 29.3 Å². The summed E-state index contributed by atoms with van der Waals surface area (Å²) in [6, 6.07) is 10.0. The Kier molecular flexibility index (Phi) is 4.96. The van der Waals surface area contributed by atoms with Crippen molar-refractivity contribution in [1.82, 2.24) is 0 Å². The first-order valence-electron chi connectivity index (χ1n) is 6.57. The van der Waals surface area contributed by atoms with E-state index in [0.29, 0.717) is 10.0 Å². The zero-order chi connectivity index (χ0) is 15.6. The van der Waals surface area contributed by atoms with E-state index in [1.165, 1.54) is 12.1 Å². The quantitative estimate of drug-likeness (QED) is 0.812. The molecule has 2 rings (SSSR count). The van der Waals surface area contributed by atoms with E-state index in [9.17, 15) is 4.39 Å². The molecule has 0 aliphatic carbocycles. The van der Waals surface area contributed by atoms with Crippen LogP contribution in [0.25, 0.3) is 0 Å². The molecular weight excluding hydrogens is 310 g/mol. The molecule has 21 heavy (non-hydrogen) atoms. The van der Waals surface area contributed by atoms with Crippen LogP contribution in [0.3, 0.4) is 0 Å². The Morgan fingerprint density at radius 1 is 1.10 bits per heavy atom. The fraction of sp³-hybridized carbons (Fsp3) is 0.250. The summed E-state index contributed by atoms with van der Waals surface area (Å²) in [4.78, 5) is 2.00. The van der Waals surface area contributed by atoms with Gasteiger partial charge in [0.05, 0.1) is 17.4 Å². The molecule has 0 aromatic heterocycles. The van der Waals surface area contributed by atoms with Gasteiger partial charge in [-0.3, -0.25) is 0 Å². The molecule has 0 amide bonds. The summed E-state index contributed by atoms with van der Waals surface area (Å²) in [5, 5.41) is 4.44. The van der Waals surface area contributed by atoms with Crippen molar-refractivity contribution in [2.75, 3.05) is 24.3 Å². The van der Waals surface area contributed by atoms with Crippen molar-refractivity contribution in [3.8, 4) is 0 Å².